The van der Waals surface area contributed by atoms with Crippen LogP contribution in [0.3, 0.4) is 0 Å². The average Bonchev–Trinajstić information content (AvgIpc) is 3.07. The van der Waals surface area contributed by atoms with Crippen LogP contribution in [0, 0.1) is 5.82 Å². The highest BCUT2D eigenvalue weighted by Gasteiger charge is 2.29. The standard InChI is InChI=1S/C25H25FN2O3S/c26-22-11-13-23(14-12-22)32(30,31)28-16-6-15-27(17-18-28)25(29)24-10-5-4-9-21(24)19-20-7-2-1-3-8-20/h1-5,7-14H,6,15-19H2. The highest BCUT2D eigenvalue weighted by molar-refractivity contribution is 7.89. The minimum absolute atomic E-state index is 0.0619. The maximum atomic E-state index is 13.3. The van der Waals surface area contributed by atoms with Crippen LogP contribution >= 0.6 is 0 Å². The van der Waals surface area contributed by atoms with E-state index in [0.29, 0.717) is 38.0 Å². The molecule has 3 aromatic rings. The molecule has 32 heavy (non-hydrogen) atoms. The van der Waals surface area contributed by atoms with Gasteiger partial charge in [-0.2, -0.15) is 4.31 Å². The first kappa shape index (κ1) is 22.2. The maximum absolute atomic E-state index is 13.3. The highest BCUT2D eigenvalue weighted by atomic mass is 32.2. The van der Waals surface area contributed by atoms with E-state index < -0.39 is 15.8 Å². The second-order valence-corrected chi connectivity index (χ2v) is 9.76. The summed E-state index contributed by atoms with van der Waals surface area (Å²) in [6.45, 7) is 1.30. The first-order chi connectivity index (χ1) is 15.4. The number of hydrogen-bond donors (Lipinski definition) is 0. The normalized spacial score (nSPS) is 15.3. The van der Waals surface area contributed by atoms with E-state index in [1.54, 1.807) is 4.90 Å². The molecule has 166 valence electrons. The summed E-state index contributed by atoms with van der Waals surface area (Å²) in [6.07, 6.45) is 1.19. The van der Waals surface area contributed by atoms with Crippen molar-refractivity contribution in [2.75, 3.05) is 26.2 Å². The molecule has 0 atom stereocenters. The van der Waals surface area contributed by atoms with E-state index in [-0.39, 0.29) is 17.3 Å². The summed E-state index contributed by atoms with van der Waals surface area (Å²) in [6, 6.07) is 22.4. The number of benzene rings is 3. The molecule has 1 aliphatic heterocycles. The van der Waals surface area contributed by atoms with Gasteiger partial charge in [-0.05, 0) is 54.3 Å². The first-order valence-electron chi connectivity index (χ1n) is 10.6. The summed E-state index contributed by atoms with van der Waals surface area (Å²) >= 11 is 0. The number of amides is 1. The fourth-order valence-corrected chi connectivity index (χ4v) is 5.43. The van der Waals surface area contributed by atoms with Crippen molar-refractivity contribution < 1.29 is 17.6 Å². The van der Waals surface area contributed by atoms with Gasteiger partial charge in [-0.1, -0.05) is 48.5 Å². The van der Waals surface area contributed by atoms with E-state index in [9.17, 15) is 17.6 Å². The Morgan fingerprint density at radius 3 is 2.25 bits per heavy atom. The molecular formula is C25H25FN2O3S. The van der Waals surface area contributed by atoms with Gasteiger partial charge < -0.3 is 4.90 Å². The molecule has 7 heteroatoms. The molecule has 1 fully saturated rings. The highest BCUT2D eigenvalue weighted by Crippen LogP contribution is 2.21. The van der Waals surface area contributed by atoms with Crippen molar-refractivity contribution in [2.24, 2.45) is 0 Å². The van der Waals surface area contributed by atoms with Crippen LogP contribution in [-0.4, -0.2) is 49.7 Å². The Kier molecular flexibility index (Phi) is 6.67. The zero-order chi connectivity index (χ0) is 22.6. The zero-order valence-electron chi connectivity index (χ0n) is 17.7. The second kappa shape index (κ2) is 9.63. The van der Waals surface area contributed by atoms with Gasteiger partial charge in [0.05, 0.1) is 4.90 Å². The third-order valence-corrected chi connectivity index (χ3v) is 7.59. The van der Waals surface area contributed by atoms with Crippen LogP contribution in [0.15, 0.2) is 83.8 Å². The average molecular weight is 453 g/mol. The van der Waals surface area contributed by atoms with Gasteiger partial charge in [-0.15, -0.1) is 0 Å². The Morgan fingerprint density at radius 1 is 0.812 bits per heavy atom. The fraction of sp³-hybridized carbons (Fsp3) is 0.240. The van der Waals surface area contributed by atoms with Crippen LogP contribution in [0.4, 0.5) is 4.39 Å². The lowest BCUT2D eigenvalue weighted by Gasteiger charge is -2.23. The van der Waals surface area contributed by atoms with Crippen LogP contribution < -0.4 is 0 Å². The Labute approximate surface area is 188 Å². The van der Waals surface area contributed by atoms with E-state index in [2.05, 4.69) is 0 Å². The molecule has 0 bridgehead atoms. The lowest BCUT2D eigenvalue weighted by atomic mass is 9.99. The molecule has 3 aromatic carbocycles. The van der Waals surface area contributed by atoms with Crippen molar-refractivity contribution in [3.63, 3.8) is 0 Å². The quantitative estimate of drug-likeness (QED) is 0.589. The maximum Gasteiger partial charge on any atom is 0.254 e. The minimum atomic E-state index is -3.74. The van der Waals surface area contributed by atoms with Crippen LogP contribution in [0.2, 0.25) is 0 Å². The van der Waals surface area contributed by atoms with Gasteiger partial charge in [-0.25, -0.2) is 12.8 Å². The third kappa shape index (κ3) is 4.89. The summed E-state index contributed by atoms with van der Waals surface area (Å²) in [5, 5.41) is 0. The Morgan fingerprint density at radius 2 is 1.50 bits per heavy atom. The summed E-state index contributed by atoms with van der Waals surface area (Å²) < 4.78 is 40.5. The van der Waals surface area contributed by atoms with E-state index in [4.69, 9.17) is 0 Å². The molecule has 1 heterocycles. The molecule has 0 saturated carbocycles. The predicted molar refractivity (Wildman–Crippen MR) is 121 cm³/mol. The van der Waals surface area contributed by atoms with Gasteiger partial charge >= 0.3 is 0 Å². The third-order valence-electron chi connectivity index (χ3n) is 5.68. The SMILES string of the molecule is O=C(c1ccccc1Cc1ccccc1)N1CCCN(S(=O)(=O)c2ccc(F)cc2)CC1. The van der Waals surface area contributed by atoms with E-state index in [1.807, 2.05) is 54.6 Å². The van der Waals surface area contributed by atoms with Gasteiger partial charge in [0.1, 0.15) is 5.82 Å². The number of hydrogen-bond acceptors (Lipinski definition) is 3. The molecule has 5 nitrogen and oxygen atoms in total. The van der Waals surface area contributed by atoms with Gasteiger partial charge in [0, 0.05) is 31.7 Å². The van der Waals surface area contributed by atoms with E-state index in [1.165, 1.54) is 16.4 Å². The molecule has 1 saturated heterocycles. The molecule has 4 rings (SSSR count). The van der Waals surface area contributed by atoms with Crippen LogP contribution in [0.25, 0.3) is 0 Å². The van der Waals surface area contributed by atoms with Crippen molar-refractivity contribution >= 4 is 15.9 Å². The molecule has 0 spiro atoms. The Bertz CT molecular complexity index is 1180. The van der Waals surface area contributed by atoms with E-state index >= 15 is 0 Å². The summed E-state index contributed by atoms with van der Waals surface area (Å²) in [5.41, 5.74) is 2.72. The Hall–Kier alpha value is -3.03. The second-order valence-electron chi connectivity index (χ2n) is 7.82. The molecule has 0 aliphatic carbocycles. The Balaban J connectivity index is 1.49. The van der Waals surface area contributed by atoms with Gasteiger partial charge in [0.15, 0.2) is 0 Å². The zero-order valence-corrected chi connectivity index (χ0v) is 18.5. The van der Waals surface area contributed by atoms with Gasteiger partial charge in [0.25, 0.3) is 5.91 Å². The monoisotopic (exact) mass is 452 g/mol. The van der Waals surface area contributed by atoms with Crippen molar-refractivity contribution in [3.05, 3.63) is 101 Å². The van der Waals surface area contributed by atoms with Crippen molar-refractivity contribution in [2.45, 2.75) is 17.7 Å². The van der Waals surface area contributed by atoms with Gasteiger partial charge in [-0.3, -0.25) is 4.79 Å². The lowest BCUT2D eigenvalue weighted by molar-refractivity contribution is 0.0763. The summed E-state index contributed by atoms with van der Waals surface area (Å²) in [7, 11) is -3.74. The van der Waals surface area contributed by atoms with Crippen LogP contribution in [0.1, 0.15) is 27.9 Å². The summed E-state index contributed by atoms with van der Waals surface area (Å²) in [5.74, 6) is -0.566. The topological polar surface area (TPSA) is 57.7 Å². The fourth-order valence-electron chi connectivity index (χ4n) is 3.96. The van der Waals surface area contributed by atoms with Gasteiger partial charge in [0.2, 0.25) is 10.0 Å². The molecular weight excluding hydrogens is 427 g/mol. The number of sulfonamides is 1. The molecule has 1 amide bonds. The molecule has 0 N–H and O–H groups in total. The molecule has 0 radical (unpaired) electrons. The smallest absolute Gasteiger partial charge is 0.254 e. The van der Waals surface area contributed by atoms with Crippen LogP contribution in [0.5, 0.6) is 0 Å². The summed E-state index contributed by atoms with van der Waals surface area (Å²) in [4.78, 5) is 15.1. The van der Waals surface area contributed by atoms with Crippen molar-refractivity contribution in [1.29, 1.82) is 0 Å². The van der Waals surface area contributed by atoms with Crippen molar-refractivity contribution in [3.8, 4) is 0 Å². The number of nitrogens with zero attached hydrogens (tertiary/aromatic N) is 2. The van der Waals surface area contributed by atoms with Crippen molar-refractivity contribution in [1.82, 2.24) is 9.21 Å². The molecule has 1 aliphatic rings. The number of carbonyl (C=O) groups excluding carboxylic acids is 1. The lowest BCUT2D eigenvalue weighted by Crippen LogP contribution is -2.37. The predicted octanol–water partition coefficient (Wildman–Crippen LogP) is 3.95. The van der Waals surface area contributed by atoms with Crippen LogP contribution in [-0.2, 0) is 16.4 Å². The van der Waals surface area contributed by atoms with E-state index in [0.717, 1.165) is 23.3 Å². The molecule has 0 unspecified atom stereocenters. The number of rotatable bonds is 5. The first-order valence-corrected chi connectivity index (χ1v) is 12.1. The minimum Gasteiger partial charge on any atom is -0.337 e. The largest absolute Gasteiger partial charge is 0.337 e. The number of carbonyl (C=O) groups is 1. The molecule has 0 aromatic heterocycles. The number of halogens is 1.